The van der Waals surface area contributed by atoms with E-state index in [4.69, 9.17) is 13.8 Å². The fourth-order valence-corrected chi connectivity index (χ4v) is 9.50. The number of fused-ring (bicyclic) bond motifs is 4. The molecule has 10 aromatic rings. The number of pyridine rings is 1. The van der Waals surface area contributed by atoms with Crippen molar-refractivity contribution in [2.75, 3.05) is 9.80 Å². The van der Waals surface area contributed by atoms with Crippen molar-refractivity contribution in [3.63, 3.8) is 0 Å². The molecule has 368 valence electrons. The van der Waals surface area contributed by atoms with Gasteiger partial charge in [0, 0.05) is 76.6 Å². The van der Waals surface area contributed by atoms with Crippen LogP contribution in [0.1, 0.15) is 95.5 Å². The van der Waals surface area contributed by atoms with E-state index in [1.54, 1.807) is 18.2 Å². The van der Waals surface area contributed by atoms with Crippen LogP contribution in [0.3, 0.4) is 0 Å². The van der Waals surface area contributed by atoms with E-state index in [0.29, 0.717) is 50.8 Å². The smallest absolute Gasteiger partial charge is 0.135 e. The summed E-state index contributed by atoms with van der Waals surface area (Å²) < 4.78 is 82.4. The minimum Gasteiger partial charge on any atom is -0.509 e. The number of nitrogens with zero attached hydrogens (tertiary/aromatic N) is 4. The summed E-state index contributed by atoms with van der Waals surface area (Å²) >= 11 is 0. The van der Waals surface area contributed by atoms with E-state index < -0.39 is 6.85 Å². The van der Waals surface area contributed by atoms with Gasteiger partial charge in [-0.25, -0.2) is 4.98 Å². The fraction of sp³-hybridized carbons (Fsp3) is 0.194. The van der Waals surface area contributed by atoms with Gasteiger partial charge in [-0.1, -0.05) is 183 Å². The van der Waals surface area contributed by atoms with Crippen LogP contribution in [0.4, 0.5) is 22.7 Å². The Morgan fingerprint density at radius 2 is 1.19 bits per heavy atom. The number of hydrogen-bond acceptors (Lipinski definition) is 4. The molecule has 0 atom stereocenters. The third kappa shape index (κ3) is 9.41. The number of aryl methyl sites for hydroxylation is 1. The molecule has 1 aliphatic heterocycles. The Labute approximate surface area is 457 Å². The first kappa shape index (κ1) is 40.3. The molecule has 0 bridgehead atoms. The van der Waals surface area contributed by atoms with Crippen LogP contribution in [0, 0.1) is 25.7 Å². The summed E-state index contributed by atoms with van der Waals surface area (Å²) in [5.74, 6) is 1.68. The van der Waals surface area contributed by atoms with Crippen LogP contribution in [-0.4, -0.2) is 9.55 Å². The molecule has 0 saturated carbocycles. The second-order valence-electron chi connectivity index (χ2n) is 21.7. The summed E-state index contributed by atoms with van der Waals surface area (Å²) in [6.45, 7) is 18.8. The van der Waals surface area contributed by atoms with Gasteiger partial charge in [0.1, 0.15) is 5.82 Å². The van der Waals surface area contributed by atoms with E-state index in [9.17, 15) is 6.85 Å². The molecule has 8 aromatic carbocycles. The predicted octanol–water partition coefficient (Wildman–Crippen LogP) is 18.2. The summed E-state index contributed by atoms with van der Waals surface area (Å²) in [5, 5.41) is 2.07. The van der Waals surface area contributed by atoms with Crippen molar-refractivity contribution < 1.29 is 36.8 Å². The summed E-state index contributed by atoms with van der Waals surface area (Å²) in [4.78, 5) is 8.71. The number of ether oxygens (including phenoxy) is 1. The molecular weight excluding hydrogens is 1070 g/mol. The Kier molecular flexibility index (Phi) is 10.5. The molecule has 0 aliphatic carbocycles. The van der Waals surface area contributed by atoms with E-state index >= 15 is 0 Å². The molecule has 0 spiro atoms. The van der Waals surface area contributed by atoms with Crippen LogP contribution in [0.25, 0.3) is 61.0 Å². The van der Waals surface area contributed by atoms with Gasteiger partial charge in [0.2, 0.25) is 0 Å². The van der Waals surface area contributed by atoms with Crippen molar-refractivity contribution in [3.05, 3.63) is 223 Å². The number of rotatable bonds is 8. The Morgan fingerprint density at radius 3 is 1.90 bits per heavy atom. The van der Waals surface area contributed by atoms with E-state index in [1.165, 1.54) is 18.2 Å². The normalized spacial score (nSPS) is 14.6. The van der Waals surface area contributed by atoms with E-state index in [2.05, 4.69) is 121 Å². The van der Waals surface area contributed by atoms with E-state index in [0.717, 1.165) is 50.0 Å². The summed E-state index contributed by atoms with van der Waals surface area (Å²) in [5.41, 5.74) is 8.59. The predicted molar refractivity (Wildman–Crippen MR) is 301 cm³/mol. The quantitative estimate of drug-likeness (QED) is 0.142. The molecule has 0 fully saturated rings. The molecule has 6 heteroatoms. The van der Waals surface area contributed by atoms with Crippen molar-refractivity contribution in [1.29, 1.82) is 0 Å². The summed E-state index contributed by atoms with van der Waals surface area (Å²) in [7, 11) is 0. The van der Waals surface area contributed by atoms with Gasteiger partial charge in [-0.05, 0) is 103 Å². The summed E-state index contributed by atoms with van der Waals surface area (Å²) in [6.07, 6.45) is 1.85. The Morgan fingerprint density at radius 1 is 0.548 bits per heavy atom. The van der Waals surface area contributed by atoms with Gasteiger partial charge < -0.3 is 19.1 Å². The largest absolute Gasteiger partial charge is 0.509 e. The number of benzene rings is 8. The standard InChI is InChI=1S/C67H61N4O.Pt/c1-44-19-11-12-22-54(44)45-29-31-46(32-30-45)55-24-18-25-56(47-37-49(66(5,6)7)39-50(38-47)67(8,9)10)64(55)70-43-69(60-27-15-16-28-61(60)70)51-20-17-21-52(41-51)72-53-33-34-58-57-23-13-14-26-59(57)71(62(58)42-53)63-40-48(35-36-68-63)65(2,3)4;/h11-40,43H,1-10H3;/q-3;/i1D3,18D,24D,25D,31D,32D;. The van der Waals surface area contributed by atoms with Crippen molar-refractivity contribution in [2.45, 2.75) is 85.4 Å². The SMILES string of the molecule is [2H]c1cc(-c2ccccc2C([2H])([2H])[2H])cc([2H])c1-c1c([2H])c([2H])c([2H])c(-c2cc(C(C)(C)C)cc(C(C)(C)C)c2)c1N1[CH-]N(c2[c-]c(Oc3[c-]c4c(cc3)c3ccccc3n4-c3cc(C(C)(C)C)ccn3)ccc2)c2ccccc21.[Pt]. The molecule has 0 unspecified atom stereocenters. The zero-order valence-electron chi connectivity index (χ0n) is 50.5. The molecule has 0 saturated heterocycles. The van der Waals surface area contributed by atoms with Gasteiger partial charge in [-0.2, -0.15) is 12.1 Å². The average molecular weight is 1140 g/mol. The van der Waals surface area contributed by atoms with Crippen LogP contribution < -0.4 is 14.5 Å². The zero-order valence-corrected chi connectivity index (χ0v) is 44.8. The number of aromatic nitrogens is 2. The molecular formula is C67H61N4OPt-3. The van der Waals surface area contributed by atoms with Gasteiger partial charge in [0.25, 0.3) is 0 Å². The van der Waals surface area contributed by atoms with E-state index in [1.807, 2.05) is 89.4 Å². The zero-order chi connectivity index (χ0) is 57.0. The topological polar surface area (TPSA) is 33.5 Å². The van der Waals surface area contributed by atoms with E-state index in [-0.39, 0.29) is 84.2 Å². The average Bonchev–Trinajstić information content (AvgIpc) is 4.16. The van der Waals surface area contributed by atoms with Crippen molar-refractivity contribution in [1.82, 2.24) is 9.55 Å². The van der Waals surface area contributed by atoms with Gasteiger partial charge >= 0.3 is 0 Å². The van der Waals surface area contributed by atoms with Crippen LogP contribution >= 0.6 is 0 Å². The minimum absolute atomic E-state index is 0. The first-order chi connectivity index (χ1) is 37.8. The number of para-hydroxylation sites is 4. The monoisotopic (exact) mass is 1140 g/mol. The maximum atomic E-state index is 9.90. The van der Waals surface area contributed by atoms with Gasteiger partial charge in [0.05, 0.1) is 6.85 Å². The minimum atomic E-state index is -2.46. The van der Waals surface area contributed by atoms with Gasteiger partial charge in [-0.3, -0.25) is 0 Å². The third-order valence-electron chi connectivity index (χ3n) is 13.5. The molecule has 3 heterocycles. The number of hydrogen-bond donors (Lipinski definition) is 0. The first-order valence-corrected chi connectivity index (χ1v) is 24.4. The molecule has 0 radical (unpaired) electrons. The van der Waals surface area contributed by atoms with Crippen LogP contribution in [0.15, 0.2) is 182 Å². The maximum Gasteiger partial charge on any atom is 0.135 e. The molecule has 0 amide bonds. The number of anilines is 4. The van der Waals surface area contributed by atoms with Gasteiger partial charge in [-0.15, -0.1) is 48.1 Å². The Hall–Kier alpha value is -7.20. The van der Waals surface area contributed by atoms with Gasteiger partial charge in [0.15, 0.2) is 0 Å². The molecule has 2 aromatic heterocycles. The molecule has 5 nitrogen and oxygen atoms in total. The third-order valence-corrected chi connectivity index (χ3v) is 13.5. The Bertz CT molecular complexity index is 4060. The molecule has 11 rings (SSSR count). The molecule has 0 N–H and O–H groups in total. The molecule has 73 heavy (non-hydrogen) atoms. The summed E-state index contributed by atoms with van der Waals surface area (Å²) in [6, 6.07) is 51.7. The van der Waals surface area contributed by atoms with Crippen LogP contribution in [-0.2, 0) is 37.3 Å². The fourth-order valence-electron chi connectivity index (χ4n) is 9.50. The molecule has 1 aliphatic rings. The second-order valence-corrected chi connectivity index (χ2v) is 21.7. The Balaban J connectivity index is 0.00000736. The van der Waals surface area contributed by atoms with Crippen LogP contribution in [0.2, 0.25) is 0 Å². The second kappa shape index (κ2) is 19.0. The first-order valence-electron chi connectivity index (χ1n) is 28.4. The van der Waals surface area contributed by atoms with Crippen molar-refractivity contribution in [2.24, 2.45) is 0 Å². The maximum absolute atomic E-state index is 9.90. The van der Waals surface area contributed by atoms with Crippen molar-refractivity contribution in [3.8, 4) is 50.7 Å². The van der Waals surface area contributed by atoms with Crippen molar-refractivity contribution >= 4 is 44.6 Å². The van der Waals surface area contributed by atoms with Crippen LogP contribution in [0.5, 0.6) is 11.5 Å².